The molecule has 1 heterocycles. The van der Waals surface area contributed by atoms with Crippen LogP contribution in [0.5, 0.6) is 0 Å². The highest BCUT2D eigenvalue weighted by Crippen LogP contribution is 2.15. The first-order valence-corrected chi connectivity index (χ1v) is 9.03. The maximum absolute atomic E-state index is 12.0. The minimum atomic E-state index is -0.457. The van der Waals surface area contributed by atoms with Crippen molar-refractivity contribution in [2.24, 2.45) is 0 Å². The van der Waals surface area contributed by atoms with Gasteiger partial charge in [-0.25, -0.2) is 4.79 Å². The average Bonchev–Trinajstić information content (AvgIpc) is 2.69. The Kier molecular flexibility index (Phi) is 6.38. The van der Waals surface area contributed by atoms with E-state index < -0.39 is 11.0 Å². The predicted octanol–water partition coefficient (Wildman–Crippen LogP) is 3.49. The molecule has 0 radical (unpaired) electrons. The van der Waals surface area contributed by atoms with Crippen molar-refractivity contribution in [3.63, 3.8) is 0 Å². The van der Waals surface area contributed by atoms with Crippen LogP contribution in [-0.4, -0.2) is 35.0 Å². The highest BCUT2D eigenvalue weighted by Gasteiger charge is 2.21. The molecule has 0 saturated carbocycles. The quantitative estimate of drug-likeness (QED) is 0.622. The molecule has 0 aromatic heterocycles. The lowest BCUT2D eigenvalue weighted by Gasteiger charge is -2.32. The number of rotatable bonds is 6. The van der Waals surface area contributed by atoms with Gasteiger partial charge >= 0.3 is 6.09 Å². The summed E-state index contributed by atoms with van der Waals surface area (Å²) < 4.78 is 5.22. The van der Waals surface area contributed by atoms with Crippen LogP contribution in [0.25, 0.3) is 0 Å². The van der Waals surface area contributed by atoms with Gasteiger partial charge < -0.3 is 10.1 Å². The van der Waals surface area contributed by atoms with Gasteiger partial charge in [-0.1, -0.05) is 30.3 Å². The summed E-state index contributed by atoms with van der Waals surface area (Å²) in [5, 5.41) is 13.5. The predicted molar refractivity (Wildman–Crippen MR) is 101 cm³/mol. The normalized spacial score (nSPS) is 15.3. The molecule has 1 aliphatic heterocycles. The number of ether oxygens (including phenoxy) is 1. The Morgan fingerprint density at radius 1 is 1.07 bits per heavy atom. The highest BCUT2D eigenvalue weighted by atomic mass is 16.6. The molecule has 27 heavy (non-hydrogen) atoms. The molecule has 1 fully saturated rings. The van der Waals surface area contributed by atoms with Crippen LogP contribution in [0.2, 0.25) is 0 Å². The summed E-state index contributed by atoms with van der Waals surface area (Å²) in [6.45, 7) is 2.89. The number of carbonyl (C=O) groups is 1. The van der Waals surface area contributed by atoms with Gasteiger partial charge in [0.25, 0.3) is 5.69 Å². The number of alkyl carbamates (subject to hydrolysis) is 1. The molecular formula is C20H23N3O4. The zero-order chi connectivity index (χ0) is 19.1. The van der Waals surface area contributed by atoms with Crippen LogP contribution >= 0.6 is 0 Å². The third-order valence-electron chi connectivity index (χ3n) is 4.68. The second-order valence-electron chi connectivity index (χ2n) is 6.68. The fourth-order valence-corrected chi connectivity index (χ4v) is 3.15. The molecule has 2 aromatic rings. The van der Waals surface area contributed by atoms with Gasteiger partial charge in [0.2, 0.25) is 0 Å². The van der Waals surface area contributed by atoms with E-state index in [1.165, 1.54) is 17.7 Å². The van der Waals surface area contributed by atoms with Crippen molar-refractivity contribution in [1.29, 1.82) is 0 Å². The highest BCUT2D eigenvalue weighted by molar-refractivity contribution is 5.67. The molecule has 0 unspecified atom stereocenters. The first kappa shape index (κ1) is 18.8. The summed E-state index contributed by atoms with van der Waals surface area (Å²) in [5.41, 5.74) is 2.03. The summed E-state index contributed by atoms with van der Waals surface area (Å²) in [4.78, 5) is 24.5. The van der Waals surface area contributed by atoms with Crippen molar-refractivity contribution in [1.82, 2.24) is 10.2 Å². The molecule has 1 N–H and O–H groups in total. The number of piperidine rings is 1. The molecule has 7 nitrogen and oxygen atoms in total. The van der Waals surface area contributed by atoms with E-state index in [-0.39, 0.29) is 18.3 Å². The number of benzene rings is 2. The van der Waals surface area contributed by atoms with Crippen LogP contribution in [0.15, 0.2) is 54.6 Å². The van der Waals surface area contributed by atoms with Crippen LogP contribution in [0, 0.1) is 10.1 Å². The van der Waals surface area contributed by atoms with Gasteiger partial charge in [-0.3, -0.25) is 15.0 Å². The number of amides is 1. The van der Waals surface area contributed by atoms with E-state index in [1.54, 1.807) is 12.1 Å². The molecule has 7 heteroatoms. The molecule has 1 aliphatic rings. The van der Waals surface area contributed by atoms with Crippen molar-refractivity contribution >= 4 is 11.8 Å². The van der Waals surface area contributed by atoms with Crippen molar-refractivity contribution in [3.8, 4) is 0 Å². The lowest BCUT2D eigenvalue weighted by atomic mass is 10.0. The zero-order valence-electron chi connectivity index (χ0n) is 15.0. The zero-order valence-corrected chi connectivity index (χ0v) is 15.0. The number of carbonyl (C=O) groups excluding carboxylic acids is 1. The number of likely N-dealkylation sites (tertiary alicyclic amines) is 1. The van der Waals surface area contributed by atoms with Gasteiger partial charge in [0.05, 0.1) is 4.92 Å². The molecule has 1 amide bonds. The lowest BCUT2D eigenvalue weighted by molar-refractivity contribution is -0.384. The molecule has 0 bridgehead atoms. The Labute approximate surface area is 158 Å². The number of hydrogen-bond acceptors (Lipinski definition) is 5. The summed E-state index contributed by atoms with van der Waals surface area (Å²) >= 11 is 0. The number of nitrogens with one attached hydrogen (secondary N) is 1. The van der Waals surface area contributed by atoms with E-state index in [9.17, 15) is 14.9 Å². The van der Waals surface area contributed by atoms with Gasteiger partial charge in [-0.2, -0.15) is 0 Å². The maximum atomic E-state index is 12.0. The monoisotopic (exact) mass is 369 g/mol. The average molecular weight is 369 g/mol. The van der Waals surface area contributed by atoms with Crippen LogP contribution in [0.4, 0.5) is 10.5 Å². The molecule has 0 spiro atoms. The van der Waals surface area contributed by atoms with E-state index in [4.69, 9.17) is 4.74 Å². The first-order valence-electron chi connectivity index (χ1n) is 9.03. The van der Waals surface area contributed by atoms with Crippen LogP contribution < -0.4 is 5.32 Å². The molecule has 142 valence electrons. The van der Waals surface area contributed by atoms with Crippen LogP contribution in [0.1, 0.15) is 24.0 Å². The SMILES string of the molecule is O=C(NC1CCN(Cc2ccccc2)CC1)OCc1ccc([N+](=O)[O-])cc1. The first-order chi connectivity index (χ1) is 13.1. The smallest absolute Gasteiger partial charge is 0.407 e. The third-order valence-corrected chi connectivity index (χ3v) is 4.68. The van der Waals surface area contributed by atoms with Gasteiger partial charge in [0, 0.05) is 37.8 Å². The minimum absolute atomic E-state index is 0.0189. The molecule has 0 atom stereocenters. The van der Waals surface area contributed by atoms with E-state index in [1.807, 2.05) is 18.2 Å². The number of non-ortho nitro benzene ring substituents is 1. The minimum Gasteiger partial charge on any atom is -0.445 e. The molecule has 3 rings (SSSR count). The van der Waals surface area contributed by atoms with Crippen molar-refractivity contribution in [3.05, 3.63) is 75.8 Å². The van der Waals surface area contributed by atoms with Gasteiger partial charge in [-0.05, 0) is 36.1 Å². The Morgan fingerprint density at radius 2 is 1.74 bits per heavy atom. The summed E-state index contributed by atoms with van der Waals surface area (Å²) in [5.74, 6) is 0. The summed E-state index contributed by atoms with van der Waals surface area (Å²) in [6.07, 6.45) is 1.33. The fraction of sp³-hybridized carbons (Fsp3) is 0.350. The van der Waals surface area contributed by atoms with E-state index in [2.05, 4.69) is 22.3 Å². The lowest BCUT2D eigenvalue weighted by Crippen LogP contribution is -2.44. The Morgan fingerprint density at radius 3 is 2.37 bits per heavy atom. The number of nitrogens with zero attached hydrogens (tertiary/aromatic N) is 2. The van der Waals surface area contributed by atoms with Crippen molar-refractivity contribution < 1.29 is 14.5 Å². The van der Waals surface area contributed by atoms with E-state index in [0.717, 1.165) is 32.5 Å². The maximum Gasteiger partial charge on any atom is 0.407 e. The summed E-state index contributed by atoms with van der Waals surface area (Å²) in [6, 6.07) is 16.5. The Hall–Kier alpha value is -2.93. The van der Waals surface area contributed by atoms with E-state index in [0.29, 0.717) is 5.56 Å². The third kappa shape index (κ3) is 5.79. The molecule has 2 aromatic carbocycles. The fourth-order valence-electron chi connectivity index (χ4n) is 3.15. The largest absolute Gasteiger partial charge is 0.445 e. The molecule has 1 saturated heterocycles. The number of hydrogen-bond donors (Lipinski definition) is 1. The topological polar surface area (TPSA) is 84.7 Å². The number of nitro groups is 1. The Bertz CT molecular complexity index is 757. The van der Waals surface area contributed by atoms with Crippen molar-refractivity contribution in [2.75, 3.05) is 13.1 Å². The van der Waals surface area contributed by atoms with E-state index >= 15 is 0 Å². The molecule has 0 aliphatic carbocycles. The number of nitro benzene ring substituents is 1. The van der Waals surface area contributed by atoms with Gasteiger partial charge in [0.15, 0.2) is 0 Å². The second kappa shape index (κ2) is 9.14. The van der Waals surface area contributed by atoms with Crippen LogP contribution in [0.3, 0.4) is 0 Å². The summed E-state index contributed by atoms with van der Waals surface area (Å²) in [7, 11) is 0. The second-order valence-corrected chi connectivity index (χ2v) is 6.68. The van der Waals surface area contributed by atoms with Gasteiger partial charge in [-0.15, -0.1) is 0 Å². The Balaban J connectivity index is 1.37. The van der Waals surface area contributed by atoms with Crippen molar-refractivity contribution in [2.45, 2.75) is 32.0 Å². The van der Waals surface area contributed by atoms with Gasteiger partial charge in [0.1, 0.15) is 6.61 Å². The van der Waals surface area contributed by atoms with Crippen LogP contribution in [-0.2, 0) is 17.9 Å². The standard InChI is InChI=1S/C20H23N3O4/c24-20(27-15-17-6-8-19(9-7-17)23(25)26)21-18-10-12-22(13-11-18)14-16-4-2-1-3-5-16/h1-9,18H,10-15H2,(H,21,24). The molecular weight excluding hydrogens is 346 g/mol.